The van der Waals surface area contributed by atoms with Crippen molar-refractivity contribution < 1.29 is 14.7 Å². The Morgan fingerprint density at radius 3 is 2.65 bits per heavy atom. The van der Waals surface area contributed by atoms with E-state index in [0.717, 1.165) is 23.7 Å². The molecule has 2 aliphatic carbocycles. The Labute approximate surface area is 178 Å². The molecule has 0 bridgehead atoms. The minimum atomic E-state index is -0.808. The van der Waals surface area contributed by atoms with Crippen molar-refractivity contribution in [3.63, 3.8) is 0 Å². The summed E-state index contributed by atoms with van der Waals surface area (Å²) in [4.78, 5) is 36.8. The van der Waals surface area contributed by atoms with Crippen molar-refractivity contribution in [3.05, 3.63) is 48.4 Å². The highest BCUT2D eigenvalue weighted by atomic mass is 16.4. The van der Waals surface area contributed by atoms with E-state index in [2.05, 4.69) is 30.9 Å². The molecule has 0 radical (unpaired) electrons. The van der Waals surface area contributed by atoms with Gasteiger partial charge >= 0.3 is 5.97 Å². The molecule has 1 amide bonds. The van der Waals surface area contributed by atoms with Crippen molar-refractivity contribution >= 4 is 40.1 Å². The third kappa shape index (κ3) is 4.25. The molecule has 3 heterocycles. The Hall–Kier alpha value is -3.75. The molecule has 4 N–H and O–H groups in total. The van der Waals surface area contributed by atoms with Crippen molar-refractivity contribution in [2.75, 3.05) is 10.6 Å². The Bertz CT molecular complexity index is 1160. The molecular weight excluding hydrogens is 396 g/mol. The molecule has 0 spiro atoms. The van der Waals surface area contributed by atoms with Crippen molar-refractivity contribution in [1.29, 1.82) is 0 Å². The van der Waals surface area contributed by atoms with Crippen LogP contribution in [-0.4, -0.2) is 44.0 Å². The molecule has 0 unspecified atom stereocenters. The van der Waals surface area contributed by atoms with Crippen LogP contribution in [-0.2, 0) is 4.79 Å². The van der Waals surface area contributed by atoms with Crippen molar-refractivity contribution in [3.8, 4) is 0 Å². The molecule has 0 aromatic carbocycles. The molecule has 9 heteroatoms. The standard InChI is InChI=1S/C22H22N6O3/c29-21(26-15-7-13(8-15)22(30)31)16-11-24-20(9-18(16)25-14-2-3-14)28-19-4-1-12-10-23-6-5-17(12)27-19/h1,4-6,9-11,13-15H,2-3,7-8H2,(H,26,29)(H,30,31)(H2,24,25,27,28). The number of carbonyl (C=O) groups is 2. The Balaban J connectivity index is 1.33. The summed E-state index contributed by atoms with van der Waals surface area (Å²) in [6, 6.07) is 7.69. The van der Waals surface area contributed by atoms with Gasteiger partial charge in [-0.15, -0.1) is 0 Å². The van der Waals surface area contributed by atoms with E-state index >= 15 is 0 Å². The van der Waals surface area contributed by atoms with E-state index in [-0.39, 0.29) is 17.9 Å². The Kier molecular flexibility index (Phi) is 4.85. The van der Waals surface area contributed by atoms with Gasteiger partial charge < -0.3 is 21.1 Å². The maximum Gasteiger partial charge on any atom is 0.306 e. The summed E-state index contributed by atoms with van der Waals surface area (Å²) < 4.78 is 0. The number of amides is 1. The van der Waals surface area contributed by atoms with E-state index in [1.54, 1.807) is 18.6 Å². The number of aliphatic carboxylic acids is 1. The second-order valence-corrected chi connectivity index (χ2v) is 8.10. The van der Waals surface area contributed by atoms with Gasteiger partial charge in [-0.2, -0.15) is 0 Å². The van der Waals surface area contributed by atoms with E-state index in [4.69, 9.17) is 5.11 Å². The highest BCUT2D eigenvalue weighted by molar-refractivity contribution is 6.00. The predicted molar refractivity (Wildman–Crippen MR) is 115 cm³/mol. The zero-order valence-corrected chi connectivity index (χ0v) is 16.7. The summed E-state index contributed by atoms with van der Waals surface area (Å²) in [5.74, 6) is -0.195. The fourth-order valence-electron chi connectivity index (χ4n) is 3.64. The van der Waals surface area contributed by atoms with Gasteiger partial charge in [0.05, 0.1) is 22.7 Å². The third-order valence-electron chi connectivity index (χ3n) is 5.65. The van der Waals surface area contributed by atoms with Crippen LogP contribution in [0, 0.1) is 5.92 Å². The molecule has 5 rings (SSSR count). The number of anilines is 3. The normalized spacial score (nSPS) is 20.0. The summed E-state index contributed by atoms with van der Waals surface area (Å²) in [5.41, 5.74) is 1.98. The van der Waals surface area contributed by atoms with Gasteiger partial charge in [-0.1, -0.05) is 0 Å². The minimum Gasteiger partial charge on any atom is -0.481 e. The van der Waals surface area contributed by atoms with Gasteiger partial charge in [0.15, 0.2) is 0 Å². The number of fused-ring (bicyclic) bond motifs is 1. The number of carboxylic acid groups (broad SMARTS) is 1. The molecule has 9 nitrogen and oxygen atoms in total. The number of nitrogens with one attached hydrogen (secondary N) is 3. The lowest BCUT2D eigenvalue weighted by molar-refractivity contribution is -0.145. The monoisotopic (exact) mass is 418 g/mol. The second kappa shape index (κ2) is 7.82. The lowest BCUT2D eigenvalue weighted by Crippen LogP contribution is -2.46. The molecule has 158 valence electrons. The van der Waals surface area contributed by atoms with Crippen LogP contribution in [0.1, 0.15) is 36.0 Å². The van der Waals surface area contributed by atoms with Crippen LogP contribution >= 0.6 is 0 Å². The molecule has 3 aromatic heterocycles. The summed E-state index contributed by atoms with van der Waals surface area (Å²) in [6.45, 7) is 0. The van der Waals surface area contributed by atoms with Crippen molar-refractivity contribution in [2.24, 2.45) is 5.92 Å². The molecule has 2 aliphatic rings. The van der Waals surface area contributed by atoms with Crippen LogP contribution in [0.2, 0.25) is 0 Å². The Morgan fingerprint density at radius 2 is 1.87 bits per heavy atom. The number of aromatic nitrogens is 3. The second-order valence-electron chi connectivity index (χ2n) is 8.10. The average Bonchev–Trinajstić information content (AvgIpc) is 3.54. The fourth-order valence-corrected chi connectivity index (χ4v) is 3.64. The van der Waals surface area contributed by atoms with Gasteiger partial charge in [-0.3, -0.25) is 14.6 Å². The van der Waals surface area contributed by atoms with Gasteiger partial charge in [0.25, 0.3) is 5.91 Å². The zero-order chi connectivity index (χ0) is 21.4. The molecule has 0 atom stereocenters. The van der Waals surface area contributed by atoms with Gasteiger partial charge in [0.2, 0.25) is 0 Å². The third-order valence-corrected chi connectivity index (χ3v) is 5.65. The van der Waals surface area contributed by atoms with Crippen LogP contribution in [0.4, 0.5) is 17.3 Å². The van der Waals surface area contributed by atoms with E-state index in [0.29, 0.717) is 41.8 Å². The first-order valence-electron chi connectivity index (χ1n) is 10.3. The zero-order valence-electron chi connectivity index (χ0n) is 16.7. The van der Waals surface area contributed by atoms with Gasteiger partial charge in [-0.25, -0.2) is 9.97 Å². The van der Waals surface area contributed by atoms with Crippen LogP contribution < -0.4 is 16.0 Å². The highest BCUT2D eigenvalue weighted by Crippen LogP contribution is 2.31. The van der Waals surface area contributed by atoms with E-state index in [1.165, 1.54) is 0 Å². The summed E-state index contributed by atoms with van der Waals surface area (Å²) in [6.07, 6.45) is 8.05. The smallest absolute Gasteiger partial charge is 0.306 e. The fraction of sp³-hybridized carbons (Fsp3) is 0.318. The maximum absolute atomic E-state index is 12.8. The first kappa shape index (κ1) is 19.2. The number of carbonyl (C=O) groups excluding carboxylic acids is 1. The number of hydrogen-bond donors (Lipinski definition) is 4. The topological polar surface area (TPSA) is 129 Å². The number of hydrogen-bond acceptors (Lipinski definition) is 7. The molecule has 2 saturated carbocycles. The predicted octanol–water partition coefficient (Wildman–Crippen LogP) is 2.94. The van der Waals surface area contributed by atoms with E-state index in [9.17, 15) is 9.59 Å². The quantitative estimate of drug-likeness (QED) is 0.461. The summed E-state index contributed by atoms with van der Waals surface area (Å²) in [5, 5.41) is 19.5. The number of rotatable bonds is 7. The Morgan fingerprint density at radius 1 is 1.03 bits per heavy atom. The summed E-state index contributed by atoms with van der Waals surface area (Å²) >= 11 is 0. The number of pyridine rings is 3. The van der Waals surface area contributed by atoms with E-state index < -0.39 is 5.97 Å². The number of nitrogens with zero attached hydrogens (tertiary/aromatic N) is 3. The molecule has 0 saturated heterocycles. The van der Waals surface area contributed by atoms with Gasteiger partial charge in [-0.05, 0) is 43.9 Å². The maximum atomic E-state index is 12.8. The van der Waals surface area contributed by atoms with Crippen LogP contribution in [0.25, 0.3) is 10.9 Å². The van der Waals surface area contributed by atoms with Gasteiger partial charge in [0.1, 0.15) is 11.6 Å². The lowest BCUT2D eigenvalue weighted by Gasteiger charge is -2.33. The van der Waals surface area contributed by atoms with Crippen LogP contribution in [0.3, 0.4) is 0 Å². The first-order valence-corrected chi connectivity index (χ1v) is 10.3. The lowest BCUT2D eigenvalue weighted by atomic mass is 9.80. The largest absolute Gasteiger partial charge is 0.481 e. The molecule has 3 aromatic rings. The van der Waals surface area contributed by atoms with Gasteiger partial charge in [0, 0.05) is 42.1 Å². The minimum absolute atomic E-state index is 0.114. The summed E-state index contributed by atoms with van der Waals surface area (Å²) in [7, 11) is 0. The SMILES string of the molecule is O=C(NC1CC(C(=O)O)C1)c1cnc(Nc2ccc3cnccc3n2)cc1NC1CC1. The van der Waals surface area contributed by atoms with Crippen LogP contribution in [0.15, 0.2) is 42.9 Å². The average molecular weight is 418 g/mol. The first-order chi connectivity index (χ1) is 15.0. The highest BCUT2D eigenvalue weighted by Gasteiger charge is 2.36. The molecular formula is C22H22N6O3. The van der Waals surface area contributed by atoms with E-state index in [1.807, 2.05) is 24.3 Å². The number of carboxylic acids is 1. The van der Waals surface area contributed by atoms with Crippen molar-refractivity contribution in [1.82, 2.24) is 20.3 Å². The van der Waals surface area contributed by atoms with Crippen molar-refractivity contribution in [2.45, 2.75) is 37.8 Å². The molecule has 2 fully saturated rings. The molecule has 0 aliphatic heterocycles. The molecule has 31 heavy (non-hydrogen) atoms. The van der Waals surface area contributed by atoms with Crippen LogP contribution in [0.5, 0.6) is 0 Å².